The van der Waals surface area contributed by atoms with Crippen LogP contribution >= 0.6 is 0 Å². The lowest BCUT2D eigenvalue weighted by Gasteiger charge is -2.04. The fourth-order valence-electron chi connectivity index (χ4n) is 2.22. The SMILES string of the molecule is COc1cccc(/C=N/c2nonc2/N=C/c2cccc(OC)c2O)c1O. The molecule has 0 fully saturated rings. The van der Waals surface area contributed by atoms with Gasteiger partial charge in [0, 0.05) is 23.6 Å². The molecule has 9 heteroatoms. The van der Waals surface area contributed by atoms with E-state index >= 15 is 0 Å². The molecule has 0 aliphatic rings. The number of hydrogen-bond acceptors (Lipinski definition) is 9. The van der Waals surface area contributed by atoms with Gasteiger partial charge in [-0.1, -0.05) is 12.1 Å². The zero-order valence-corrected chi connectivity index (χ0v) is 14.5. The van der Waals surface area contributed by atoms with Crippen LogP contribution in [0.25, 0.3) is 0 Å². The highest BCUT2D eigenvalue weighted by Crippen LogP contribution is 2.31. The highest BCUT2D eigenvalue weighted by molar-refractivity contribution is 5.89. The minimum atomic E-state index is -0.0495. The van der Waals surface area contributed by atoms with Crippen LogP contribution in [0, 0.1) is 0 Å². The molecule has 2 aromatic carbocycles. The second-order valence-electron chi connectivity index (χ2n) is 5.22. The maximum Gasteiger partial charge on any atom is 0.243 e. The van der Waals surface area contributed by atoms with Crippen molar-refractivity contribution in [2.45, 2.75) is 0 Å². The summed E-state index contributed by atoms with van der Waals surface area (Å²) in [6, 6.07) is 10.00. The third-order valence-electron chi connectivity index (χ3n) is 3.61. The quantitative estimate of drug-likeness (QED) is 0.641. The Kier molecular flexibility index (Phi) is 5.31. The molecule has 0 radical (unpaired) electrons. The molecule has 3 aromatic rings. The zero-order valence-electron chi connectivity index (χ0n) is 14.5. The van der Waals surface area contributed by atoms with Gasteiger partial charge in [-0.3, -0.25) is 0 Å². The number of rotatable bonds is 6. The maximum absolute atomic E-state index is 10.1. The number of phenolic OH excluding ortho intramolecular Hbond substituents is 2. The lowest BCUT2D eigenvalue weighted by Crippen LogP contribution is -1.88. The highest BCUT2D eigenvalue weighted by atomic mass is 16.6. The summed E-state index contributed by atoms with van der Waals surface area (Å²) in [6.45, 7) is 0. The standard InChI is InChI=1S/C18H16N4O5/c1-25-13-7-3-5-11(15(13)23)9-19-17-18(22-27-21-17)20-10-12-6-4-8-14(26-2)16(12)24/h3-10,23-24H,1-2H3/b19-9+,20-10+. The molecule has 1 aromatic heterocycles. The van der Waals surface area contributed by atoms with Crippen LogP contribution in [0.5, 0.6) is 23.0 Å². The van der Waals surface area contributed by atoms with E-state index in [1.807, 2.05) is 0 Å². The Hall–Kier alpha value is -3.88. The van der Waals surface area contributed by atoms with Crippen LogP contribution in [0.1, 0.15) is 11.1 Å². The fourth-order valence-corrected chi connectivity index (χ4v) is 2.22. The molecule has 2 N–H and O–H groups in total. The van der Waals surface area contributed by atoms with Gasteiger partial charge in [-0.25, -0.2) is 14.6 Å². The van der Waals surface area contributed by atoms with Crippen molar-refractivity contribution < 1.29 is 24.3 Å². The predicted molar refractivity (Wildman–Crippen MR) is 98.1 cm³/mol. The second kappa shape index (κ2) is 8.00. The van der Waals surface area contributed by atoms with Gasteiger partial charge in [0.1, 0.15) is 0 Å². The Bertz CT molecular complexity index is 919. The molecular formula is C18H16N4O5. The molecule has 1 heterocycles. The molecule has 0 atom stereocenters. The van der Waals surface area contributed by atoms with Crippen molar-refractivity contribution in [1.82, 2.24) is 10.3 Å². The second-order valence-corrected chi connectivity index (χ2v) is 5.22. The van der Waals surface area contributed by atoms with E-state index < -0.39 is 0 Å². The summed E-state index contributed by atoms with van der Waals surface area (Å²) in [7, 11) is 2.91. The normalized spacial score (nSPS) is 11.3. The molecule has 0 aliphatic heterocycles. The van der Waals surface area contributed by atoms with E-state index in [0.717, 1.165) is 0 Å². The van der Waals surface area contributed by atoms with E-state index in [9.17, 15) is 10.2 Å². The summed E-state index contributed by atoms with van der Waals surface area (Å²) in [5.41, 5.74) is 0.857. The number of aromatic nitrogens is 2. The van der Waals surface area contributed by atoms with Gasteiger partial charge in [0.15, 0.2) is 23.0 Å². The number of nitrogens with zero attached hydrogens (tertiary/aromatic N) is 4. The van der Waals surface area contributed by atoms with Crippen LogP contribution in [-0.4, -0.2) is 47.2 Å². The van der Waals surface area contributed by atoms with Gasteiger partial charge in [-0.05, 0) is 34.6 Å². The van der Waals surface area contributed by atoms with Crippen molar-refractivity contribution in [3.05, 3.63) is 47.5 Å². The average Bonchev–Trinajstić information content (AvgIpc) is 3.14. The Labute approximate surface area is 154 Å². The smallest absolute Gasteiger partial charge is 0.243 e. The summed E-state index contributed by atoms with van der Waals surface area (Å²) < 4.78 is 14.8. The van der Waals surface area contributed by atoms with Crippen molar-refractivity contribution in [2.24, 2.45) is 9.98 Å². The first-order valence-electron chi connectivity index (χ1n) is 7.76. The molecule has 0 amide bonds. The maximum atomic E-state index is 10.1. The van der Waals surface area contributed by atoms with Gasteiger partial charge >= 0.3 is 0 Å². The molecule has 0 saturated carbocycles. The van der Waals surface area contributed by atoms with Crippen LogP contribution in [-0.2, 0) is 0 Å². The molecule has 0 bridgehead atoms. The molecule has 0 saturated heterocycles. The van der Waals surface area contributed by atoms with E-state index in [4.69, 9.17) is 9.47 Å². The molecule has 27 heavy (non-hydrogen) atoms. The van der Waals surface area contributed by atoms with Crippen molar-refractivity contribution in [1.29, 1.82) is 0 Å². The number of aliphatic imine (C=N–C) groups is 2. The summed E-state index contributed by atoms with van der Waals surface area (Å²) in [4.78, 5) is 8.26. The summed E-state index contributed by atoms with van der Waals surface area (Å²) >= 11 is 0. The molecule has 3 rings (SSSR count). The van der Waals surface area contributed by atoms with Crippen molar-refractivity contribution >= 4 is 24.1 Å². The Morgan fingerprint density at radius 2 is 1.26 bits per heavy atom. The van der Waals surface area contributed by atoms with Gasteiger partial charge in [-0.2, -0.15) is 0 Å². The first-order valence-corrected chi connectivity index (χ1v) is 7.76. The van der Waals surface area contributed by atoms with Crippen LogP contribution in [0.2, 0.25) is 0 Å². The third kappa shape index (κ3) is 3.87. The summed E-state index contributed by atoms with van der Waals surface area (Å²) in [5, 5.41) is 27.5. The predicted octanol–water partition coefficient (Wildman–Crippen LogP) is 3.00. The number of hydrogen-bond donors (Lipinski definition) is 2. The first kappa shape index (κ1) is 17.9. The molecular weight excluding hydrogens is 352 g/mol. The minimum Gasteiger partial charge on any atom is -0.504 e. The monoisotopic (exact) mass is 368 g/mol. The van der Waals surface area contributed by atoms with Gasteiger partial charge < -0.3 is 19.7 Å². The number of benzene rings is 2. The average molecular weight is 368 g/mol. The van der Waals surface area contributed by atoms with Gasteiger partial charge in [0.25, 0.3) is 0 Å². The number of phenols is 2. The fraction of sp³-hybridized carbons (Fsp3) is 0.111. The van der Waals surface area contributed by atoms with Crippen molar-refractivity contribution in [3.8, 4) is 23.0 Å². The largest absolute Gasteiger partial charge is 0.504 e. The van der Waals surface area contributed by atoms with E-state index in [0.29, 0.717) is 22.6 Å². The van der Waals surface area contributed by atoms with Crippen LogP contribution in [0.3, 0.4) is 0 Å². The lowest BCUT2D eigenvalue weighted by atomic mass is 10.2. The van der Waals surface area contributed by atoms with Gasteiger partial charge in [-0.15, -0.1) is 0 Å². The van der Waals surface area contributed by atoms with Crippen LogP contribution in [0.15, 0.2) is 51.0 Å². The first-order chi connectivity index (χ1) is 13.1. The number of para-hydroxylation sites is 2. The topological polar surface area (TPSA) is 123 Å². The zero-order chi connectivity index (χ0) is 19.2. The minimum absolute atomic E-state index is 0.0495. The summed E-state index contributed by atoms with van der Waals surface area (Å²) in [5.74, 6) is 0.762. The highest BCUT2D eigenvalue weighted by Gasteiger charge is 2.10. The number of methoxy groups -OCH3 is 2. The van der Waals surface area contributed by atoms with Crippen molar-refractivity contribution in [3.63, 3.8) is 0 Å². The van der Waals surface area contributed by atoms with E-state index in [1.54, 1.807) is 36.4 Å². The number of aromatic hydroxyl groups is 2. The molecule has 0 spiro atoms. The van der Waals surface area contributed by atoms with E-state index in [2.05, 4.69) is 24.9 Å². The molecule has 0 aliphatic carbocycles. The molecule has 0 unspecified atom stereocenters. The van der Waals surface area contributed by atoms with Gasteiger partial charge in [0.2, 0.25) is 11.6 Å². The molecule has 9 nitrogen and oxygen atoms in total. The molecule has 138 valence electrons. The van der Waals surface area contributed by atoms with Crippen LogP contribution < -0.4 is 9.47 Å². The van der Waals surface area contributed by atoms with E-state index in [1.165, 1.54) is 26.6 Å². The van der Waals surface area contributed by atoms with E-state index in [-0.39, 0.29) is 23.1 Å². The number of ether oxygens (including phenoxy) is 2. The lowest BCUT2D eigenvalue weighted by molar-refractivity contribution is 0.309. The van der Waals surface area contributed by atoms with Crippen molar-refractivity contribution in [2.75, 3.05) is 14.2 Å². The Morgan fingerprint density at radius 1 is 0.815 bits per heavy atom. The van der Waals surface area contributed by atoms with Crippen LogP contribution in [0.4, 0.5) is 11.6 Å². The Morgan fingerprint density at radius 3 is 1.67 bits per heavy atom. The Balaban J connectivity index is 1.85. The third-order valence-corrected chi connectivity index (χ3v) is 3.61. The summed E-state index contributed by atoms with van der Waals surface area (Å²) in [6.07, 6.45) is 2.78. The van der Waals surface area contributed by atoms with Gasteiger partial charge in [0.05, 0.1) is 14.2 Å².